The zero-order valence-corrected chi connectivity index (χ0v) is 15.5. The largest absolute Gasteiger partial charge is 0.322 e. The molecule has 3 rings (SSSR count). The van der Waals surface area contributed by atoms with Crippen molar-refractivity contribution in [1.29, 1.82) is 0 Å². The van der Waals surface area contributed by atoms with E-state index in [1.165, 1.54) is 28.6 Å². The van der Waals surface area contributed by atoms with Crippen molar-refractivity contribution in [2.45, 2.75) is 37.6 Å². The molecule has 7 heteroatoms. The number of nitrogens with one attached hydrogen (secondary N) is 1. The Bertz CT molecular complexity index is 926. The molecule has 1 saturated heterocycles. The summed E-state index contributed by atoms with van der Waals surface area (Å²) in [5.74, 6) is -1.06. The second-order valence-corrected chi connectivity index (χ2v) is 8.45. The Kier molecular flexibility index (Phi) is 5.11. The van der Waals surface area contributed by atoms with Gasteiger partial charge in [-0.05, 0) is 56.5 Å². The van der Waals surface area contributed by atoms with Crippen LogP contribution in [0.3, 0.4) is 0 Å². The molecule has 1 atom stereocenters. The van der Waals surface area contributed by atoms with E-state index >= 15 is 0 Å². The summed E-state index contributed by atoms with van der Waals surface area (Å²) in [6.45, 7) is 3.93. The van der Waals surface area contributed by atoms with Crippen LogP contribution in [0.2, 0.25) is 0 Å². The lowest BCUT2D eigenvalue weighted by Gasteiger charge is -2.23. The summed E-state index contributed by atoms with van der Waals surface area (Å²) in [5.41, 5.74) is 1.82. The number of halogens is 1. The van der Waals surface area contributed by atoms with Crippen LogP contribution in [-0.2, 0) is 14.8 Å². The van der Waals surface area contributed by atoms with Gasteiger partial charge in [0.05, 0.1) is 10.6 Å². The lowest BCUT2D eigenvalue weighted by Crippen LogP contribution is -2.43. The second-order valence-electron chi connectivity index (χ2n) is 6.56. The SMILES string of the molecule is Cc1ccc(S(=O)(=O)N2CCCC2C(=O)Nc2cc(C)ccc2F)cc1. The van der Waals surface area contributed by atoms with Crippen LogP contribution in [-0.4, -0.2) is 31.2 Å². The first-order valence-corrected chi connectivity index (χ1v) is 9.88. The Morgan fingerprint density at radius 2 is 1.77 bits per heavy atom. The first-order valence-electron chi connectivity index (χ1n) is 8.44. The van der Waals surface area contributed by atoms with Crippen LogP contribution in [0.5, 0.6) is 0 Å². The molecule has 1 N–H and O–H groups in total. The Hall–Kier alpha value is -2.25. The third-order valence-corrected chi connectivity index (χ3v) is 6.44. The normalized spacial score (nSPS) is 18.0. The molecule has 1 aliphatic rings. The molecule has 1 aliphatic heterocycles. The predicted octanol–water partition coefficient (Wildman–Crippen LogP) is 3.23. The zero-order valence-electron chi connectivity index (χ0n) is 14.7. The minimum absolute atomic E-state index is 0.0644. The van der Waals surface area contributed by atoms with Gasteiger partial charge in [-0.2, -0.15) is 4.31 Å². The standard InChI is InChI=1S/C19H21FN2O3S/c1-13-5-8-15(9-6-13)26(24,25)22-11-3-4-18(22)19(23)21-17-12-14(2)7-10-16(17)20/h5-10,12,18H,3-4,11H2,1-2H3,(H,21,23). The fourth-order valence-electron chi connectivity index (χ4n) is 3.09. The summed E-state index contributed by atoms with van der Waals surface area (Å²) in [5, 5.41) is 2.54. The zero-order chi connectivity index (χ0) is 18.9. The van der Waals surface area contributed by atoms with Crippen LogP contribution in [0.15, 0.2) is 47.4 Å². The van der Waals surface area contributed by atoms with Crippen LogP contribution >= 0.6 is 0 Å². The van der Waals surface area contributed by atoms with E-state index in [4.69, 9.17) is 0 Å². The molecule has 138 valence electrons. The molecule has 26 heavy (non-hydrogen) atoms. The van der Waals surface area contributed by atoms with Gasteiger partial charge in [0.1, 0.15) is 11.9 Å². The molecule has 0 aliphatic carbocycles. The number of rotatable bonds is 4. The summed E-state index contributed by atoms with van der Waals surface area (Å²) < 4.78 is 40.9. The molecule has 0 radical (unpaired) electrons. The maximum atomic E-state index is 13.9. The quantitative estimate of drug-likeness (QED) is 0.891. The highest BCUT2D eigenvalue weighted by molar-refractivity contribution is 7.89. The molecule has 0 aromatic heterocycles. The number of nitrogens with zero attached hydrogens (tertiary/aromatic N) is 1. The van der Waals surface area contributed by atoms with E-state index in [1.807, 2.05) is 6.92 Å². The van der Waals surface area contributed by atoms with Crippen molar-refractivity contribution in [2.75, 3.05) is 11.9 Å². The van der Waals surface area contributed by atoms with Gasteiger partial charge in [0.2, 0.25) is 15.9 Å². The smallest absolute Gasteiger partial charge is 0.243 e. The van der Waals surface area contributed by atoms with Crippen molar-refractivity contribution in [2.24, 2.45) is 0 Å². The summed E-state index contributed by atoms with van der Waals surface area (Å²) in [6, 6.07) is 10.1. The predicted molar refractivity (Wildman–Crippen MR) is 97.9 cm³/mol. The number of anilines is 1. The van der Waals surface area contributed by atoms with Gasteiger partial charge in [0.15, 0.2) is 0 Å². The van der Waals surface area contributed by atoms with Gasteiger partial charge < -0.3 is 5.32 Å². The summed E-state index contributed by atoms with van der Waals surface area (Å²) in [6.07, 6.45) is 0.990. The van der Waals surface area contributed by atoms with Gasteiger partial charge in [-0.15, -0.1) is 0 Å². The molecule has 1 heterocycles. The second kappa shape index (κ2) is 7.17. The fourth-order valence-corrected chi connectivity index (χ4v) is 4.74. The number of sulfonamides is 1. The Morgan fingerprint density at radius 1 is 1.12 bits per heavy atom. The van der Waals surface area contributed by atoms with Crippen LogP contribution in [0.1, 0.15) is 24.0 Å². The van der Waals surface area contributed by atoms with Crippen molar-refractivity contribution in [3.8, 4) is 0 Å². The van der Waals surface area contributed by atoms with Crippen LogP contribution < -0.4 is 5.32 Å². The third-order valence-electron chi connectivity index (χ3n) is 4.51. The van der Waals surface area contributed by atoms with E-state index in [-0.39, 0.29) is 17.1 Å². The minimum atomic E-state index is -3.78. The number of hydrogen-bond donors (Lipinski definition) is 1. The molecule has 2 aromatic carbocycles. The van der Waals surface area contributed by atoms with Gasteiger partial charge in [0.25, 0.3) is 0 Å². The summed E-state index contributed by atoms with van der Waals surface area (Å²) in [7, 11) is -3.78. The van der Waals surface area contributed by atoms with Gasteiger partial charge in [-0.1, -0.05) is 23.8 Å². The van der Waals surface area contributed by atoms with Crippen LogP contribution in [0.4, 0.5) is 10.1 Å². The molecule has 0 saturated carbocycles. The number of benzene rings is 2. The van der Waals surface area contributed by atoms with Gasteiger partial charge >= 0.3 is 0 Å². The Balaban J connectivity index is 1.84. The van der Waals surface area contributed by atoms with E-state index in [0.717, 1.165) is 11.1 Å². The van der Waals surface area contributed by atoms with Crippen molar-refractivity contribution in [1.82, 2.24) is 4.31 Å². The summed E-state index contributed by atoms with van der Waals surface area (Å²) >= 11 is 0. The van der Waals surface area contributed by atoms with Crippen LogP contribution in [0.25, 0.3) is 0 Å². The highest BCUT2D eigenvalue weighted by atomic mass is 32.2. The highest BCUT2D eigenvalue weighted by Crippen LogP contribution is 2.27. The molecule has 0 spiro atoms. The molecular weight excluding hydrogens is 355 g/mol. The minimum Gasteiger partial charge on any atom is -0.322 e. The van der Waals surface area contributed by atoms with E-state index < -0.39 is 27.8 Å². The lowest BCUT2D eigenvalue weighted by molar-refractivity contribution is -0.119. The van der Waals surface area contributed by atoms with Crippen molar-refractivity contribution in [3.05, 3.63) is 59.4 Å². The van der Waals surface area contributed by atoms with Crippen LogP contribution in [0, 0.1) is 19.7 Å². The molecule has 1 fully saturated rings. The van der Waals surface area contributed by atoms with E-state index in [9.17, 15) is 17.6 Å². The van der Waals surface area contributed by atoms with Gasteiger partial charge in [-0.3, -0.25) is 4.79 Å². The van der Waals surface area contributed by atoms with E-state index in [1.54, 1.807) is 25.1 Å². The average molecular weight is 376 g/mol. The van der Waals surface area contributed by atoms with Crippen molar-refractivity contribution >= 4 is 21.6 Å². The Labute approximate surface area is 152 Å². The maximum absolute atomic E-state index is 13.9. The number of amides is 1. The third kappa shape index (κ3) is 3.64. The molecule has 0 bridgehead atoms. The number of carbonyl (C=O) groups excluding carboxylic acids is 1. The van der Waals surface area contributed by atoms with Crippen molar-refractivity contribution in [3.63, 3.8) is 0 Å². The van der Waals surface area contributed by atoms with Gasteiger partial charge in [-0.25, -0.2) is 12.8 Å². The molecule has 5 nitrogen and oxygen atoms in total. The van der Waals surface area contributed by atoms with Gasteiger partial charge in [0, 0.05) is 6.54 Å². The highest BCUT2D eigenvalue weighted by Gasteiger charge is 2.39. The molecule has 1 unspecified atom stereocenters. The van der Waals surface area contributed by atoms with E-state index in [0.29, 0.717) is 12.8 Å². The molecule has 2 aromatic rings. The number of hydrogen-bond acceptors (Lipinski definition) is 3. The topological polar surface area (TPSA) is 66.5 Å². The van der Waals surface area contributed by atoms with E-state index in [2.05, 4.69) is 5.32 Å². The lowest BCUT2D eigenvalue weighted by atomic mass is 10.2. The first-order chi connectivity index (χ1) is 12.3. The average Bonchev–Trinajstić information content (AvgIpc) is 3.09. The monoisotopic (exact) mass is 376 g/mol. The number of carbonyl (C=O) groups is 1. The van der Waals surface area contributed by atoms with Crippen molar-refractivity contribution < 1.29 is 17.6 Å². The number of aryl methyl sites for hydroxylation is 2. The molecule has 1 amide bonds. The maximum Gasteiger partial charge on any atom is 0.243 e. The first kappa shape index (κ1) is 18.5. The fraction of sp³-hybridized carbons (Fsp3) is 0.316. The summed E-state index contributed by atoms with van der Waals surface area (Å²) in [4.78, 5) is 12.8. The Morgan fingerprint density at radius 3 is 2.46 bits per heavy atom. The molecular formula is C19H21FN2O3S.